The predicted molar refractivity (Wildman–Crippen MR) is 66.4 cm³/mol. The first-order valence-corrected chi connectivity index (χ1v) is 5.14. The van der Waals surface area contributed by atoms with Gasteiger partial charge in [0.15, 0.2) is 0 Å². The minimum atomic E-state index is 0.343. The lowest BCUT2D eigenvalue weighted by Gasteiger charge is -2.12. The Labute approximate surface area is 92.2 Å². The number of benzene rings is 1. The average molecular weight is 199 g/mol. The third-order valence-corrected chi connectivity index (χ3v) is 2.27. The average Bonchev–Trinajstić information content (AvgIpc) is 2.27. The molecule has 0 saturated carbocycles. The van der Waals surface area contributed by atoms with Gasteiger partial charge in [-0.2, -0.15) is 0 Å². The van der Waals surface area contributed by atoms with Crippen molar-refractivity contribution in [3.63, 3.8) is 0 Å². The Balaban J connectivity index is 2.41. The van der Waals surface area contributed by atoms with Crippen LogP contribution in [-0.2, 0) is 0 Å². The maximum Gasteiger partial charge on any atom is 0.0238 e. The fourth-order valence-electron chi connectivity index (χ4n) is 1.32. The zero-order chi connectivity index (χ0) is 11.1. The molecule has 1 atom stereocenters. The van der Waals surface area contributed by atoms with Crippen molar-refractivity contribution in [3.05, 3.63) is 42.5 Å². The van der Waals surface area contributed by atoms with Gasteiger partial charge in [-0.25, -0.2) is 0 Å². The van der Waals surface area contributed by atoms with E-state index >= 15 is 0 Å². The van der Waals surface area contributed by atoms with Gasteiger partial charge in [-0.3, -0.25) is 0 Å². The molecule has 0 spiro atoms. The molecular formula is C14H17N. The van der Waals surface area contributed by atoms with E-state index < -0.39 is 0 Å². The number of nitrogens with one attached hydrogen (secondary N) is 1. The molecule has 0 radical (unpaired) electrons. The van der Waals surface area contributed by atoms with Crippen LogP contribution in [0.3, 0.4) is 0 Å². The zero-order valence-corrected chi connectivity index (χ0v) is 9.16. The van der Waals surface area contributed by atoms with E-state index in [1.807, 2.05) is 18.2 Å². The SMILES string of the molecule is C#CCC(C)NCC(=C)c1ccccc1. The van der Waals surface area contributed by atoms with Gasteiger partial charge in [-0.1, -0.05) is 36.9 Å². The van der Waals surface area contributed by atoms with Crippen LogP contribution >= 0.6 is 0 Å². The topological polar surface area (TPSA) is 12.0 Å². The minimum Gasteiger partial charge on any atom is -0.309 e. The molecule has 1 rings (SSSR count). The first-order chi connectivity index (χ1) is 7.24. The Morgan fingerprint density at radius 3 is 2.73 bits per heavy atom. The molecule has 1 N–H and O–H groups in total. The third kappa shape index (κ3) is 4.01. The highest BCUT2D eigenvalue weighted by Gasteiger charge is 2.01. The van der Waals surface area contributed by atoms with E-state index in [2.05, 4.69) is 36.9 Å². The molecule has 1 unspecified atom stereocenters. The number of hydrogen-bond acceptors (Lipinski definition) is 1. The van der Waals surface area contributed by atoms with Crippen LogP contribution in [0, 0.1) is 12.3 Å². The van der Waals surface area contributed by atoms with Gasteiger partial charge >= 0.3 is 0 Å². The van der Waals surface area contributed by atoms with E-state index in [0.29, 0.717) is 6.04 Å². The van der Waals surface area contributed by atoms with Crippen molar-refractivity contribution in [2.75, 3.05) is 6.54 Å². The first kappa shape index (κ1) is 11.6. The second kappa shape index (κ2) is 6.06. The van der Waals surface area contributed by atoms with E-state index in [9.17, 15) is 0 Å². The molecule has 0 aliphatic carbocycles. The second-order valence-corrected chi connectivity index (χ2v) is 3.66. The van der Waals surface area contributed by atoms with Crippen LogP contribution in [0.1, 0.15) is 18.9 Å². The molecule has 0 heterocycles. The summed E-state index contributed by atoms with van der Waals surface area (Å²) >= 11 is 0. The monoisotopic (exact) mass is 199 g/mol. The maximum atomic E-state index is 5.23. The smallest absolute Gasteiger partial charge is 0.0238 e. The van der Waals surface area contributed by atoms with E-state index in [1.54, 1.807) is 0 Å². The summed E-state index contributed by atoms with van der Waals surface area (Å²) in [5, 5.41) is 3.34. The van der Waals surface area contributed by atoms with E-state index in [1.165, 1.54) is 5.56 Å². The van der Waals surface area contributed by atoms with Crippen molar-refractivity contribution in [1.29, 1.82) is 0 Å². The van der Waals surface area contributed by atoms with E-state index in [-0.39, 0.29) is 0 Å². The largest absolute Gasteiger partial charge is 0.309 e. The molecule has 15 heavy (non-hydrogen) atoms. The van der Waals surface area contributed by atoms with Crippen LogP contribution in [0.25, 0.3) is 5.57 Å². The highest BCUT2D eigenvalue weighted by atomic mass is 14.9. The van der Waals surface area contributed by atoms with Gasteiger partial charge in [0.05, 0.1) is 0 Å². The Kier molecular flexibility index (Phi) is 4.66. The first-order valence-electron chi connectivity index (χ1n) is 5.14. The normalized spacial score (nSPS) is 11.7. The molecule has 0 saturated heterocycles. The highest BCUT2D eigenvalue weighted by Crippen LogP contribution is 2.10. The molecular weight excluding hydrogens is 182 g/mol. The van der Waals surface area contributed by atoms with Crippen molar-refractivity contribution in [2.45, 2.75) is 19.4 Å². The molecule has 1 heteroatoms. The molecule has 1 aromatic rings. The van der Waals surface area contributed by atoms with Gasteiger partial charge in [-0.05, 0) is 18.1 Å². The van der Waals surface area contributed by atoms with Crippen molar-refractivity contribution >= 4 is 5.57 Å². The number of hydrogen-bond donors (Lipinski definition) is 1. The van der Waals surface area contributed by atoms with Crippen molar-refractivity contribution in [2.24, 2.45) is 0 Å². The van der Waals surface area contributed by atoms with Gasteiger partial charge in [0.25, 0.3) is 0 Å². The summed E-state index contributed by atoms with van der Waals surface area (Å²) in [6.07, 6.45) is 5.99. The third-order valence-electron chi connectivity index (χ3n) is 2.27. The Morgan fingerprint density at radius 2 is 2.13 bits per heavy atom. The lowest BCUT2D eigenvalue weighted by molar-refractivity contribution is 0.602. The minimum absolute atomic E-state index is 0.343. The van der Waals surface area contributed by atoms with Crippen molar-refractivity contribution in [3.8, 4) is 12.3 Å². The summed E-state index contributed by atoms with van der Waals surface area (Å²) in [5.41, 5.74) is 2.28. The van der Waals surface area contributed by atoms with Crippen LogP contribution in [0.4, 0.5) is 0 Å². The summed E-state index contributed by atoms with van der Waals surface area (Å²) in [6, 6.07) is 10.5. The van der Waals surface area contributed by atoms with E-state index in [4.69, 9.17) is 6.42 Å². The predicted octanol–water partition coefficient (Wildman–Crippen LogP) is 2.70. The van der Waals surface area contributed by atoms with Crippen molar-refractivity contribution < 1.29 is 0 Å². The number of rotatable bonds is 5. The van der Waals surface area contributed by atoms with Crippen LogP contribution < -0.4 is 5.32 Å². The quantitative estimate of drug-likeness (QED) is 0.719. The molecule has 0 bridgehead atoms. The molecule has 0 aromatic heterocycles. The van der Waals surface area contributed by atoms with Gasteiger partial charge in [0.1, 0.15) is 0 Å². The van der Waals surface area contributed by atoms with Gasteiger partial charge in [0, 0.05) is 19.0 Å². The molecule has 1 nitrogen and oxygen atoms in total. The lowest BCUT2D eigenvalue weighted by Crippen LogP contribution is -2.26. The fraction of sp³-hybridized carbons (Fsp3) is 0.286. The summed E-state index contributed by atoms with van der Waals surface area (Å²) < 4.78 is 0. The summed E-state index contributed by atoms with van der Waals surface area (Å²) in [7, 11) is 0. The Hall–Kier alpha value is -1.52. The van der Waals surface area contributed by atoms with Crippen LogP contribution in [0.15, 0.2) is 36.9 Å². The van der Waals surface area contributed by atoms with Gasteiger partial charge < -0.3 is 5.32 Å². The van der Waals surface area contributed by atoms with Crippen molar-refractivity contribution in [1.82, 2.24) is 5.32 Å². The molecule has 0 aliphatic heterocycles. The van der Waals surface area contributed by atoms with Gasteiger partial charge in [0.2, 0.25) is 0 Å². The Bertz CT molecular complexity index is 345. The molecule has 78 valence electrons. The maximum absolute atomic E-state index is 5.23. The van der Waals surface area contributed by atoms with E-state index in [0.717, 1.165) is 18.5 Å². The van der Waals surface area contributed by atoms with Crippen LogP contribution in [-0.4, -0.2) is 12.6 Å². The summed E-state index contributed by atoms with van der Waals surface area (Å²) in [4.78, 5) is 0. The second-order valence-electron chi connectivity index (χ2n) is 3.66. The molecule has 0 amide bonds. The molecule has 1 aromatic carbocycles. The fourth-order valence-corrected chi connectivity index (χ4v) is 1.32. The standard InChI is InChI=1S/C14H17N/c1-4-8-13(3)15-11-12(2)14-9-6-5-7-10-14/h1,5-7,9-10,13,15H,2,8,11H2,3H3. The summed E-state index contributed by atoms with van der Waals surface area (Å²) in [5.74, 6) is 2.64. The van der Waals surface area contributed by atoms with Crippen LogP contribution in [0.2, 0.25) is 0 Å². The molecule has 0 aliphatic rings. The highest BCUT2D eigenvalue weighted by molar-refractivity contribution is 5.64. The van der Waals surface area contributed by atoms with Gasteiger partial charge in [-0.15, -0.1) is 12.3 Å². The Morgan fingerprint density at radius 1 is 1.47 bits per heavy atom. The summed E-state index contributed by atoms with van der Waals surface area (Å²) in [6.45, 7) is 6.91. The molecule has 0 fully saturated rings. The lowest BCUT2D eigenvalue weighted by atomic mass is 10.1. The van der Waals surface area contributed by atoms with Crippen LogP contribution in [0.5, 0.6) is 0 Å². The zero-order valence-electron chi connectivity index (χ0n) is 9.16. The number of terminal acetylenes is 1.